The summed E-state index contributed by atoms with van der Waals surface area (Å²) in [5.74, 6) is -0.283. The van der Waals surface area contributed by atoms with Gasteiger partial charge in [0.2, 0.25) is 11.8 Å². The third kappa shape index (κ3) is 3.93. The number of aromatic nitrogens is 2. The van der Waals surface area contributed by atoms with E-state index < -0.39 is 5.91 Å². The zero-order valence-corrected chi connectivity index (χ0v) is 17.6. The van der Waals surface area contributed by atoms with Crippen molar-refractivity contribution in [3.63, 3.8) is 0 Å². The number of aryl methyl sites for hydroxylation is 3. The molecule has 0 saturated carbocycles. The summed E-state index contributed by atoms with van der Waals surface area (Å²) in [6, 6.07) is 5.43. The average molecular weight is 426 g/mol. The highest BCUT2D eigenvalue weighted by Crippen LogP contribution is 2.34. The molecule has 1 aliphatic carbocycles. The predicted molar refractivity (Wildman–Crippen MR) is 115 cm³/mol. The largest absolute Gasteiger partial charge is 0.495 e. The molecule has 3 aromatic rings. The lowest BCUT2D eigenvalue weighted by molar-refractivity contribution is -0.124. The highest BCUT2D eigenvalue weighted by Gasteiger charge is 2.21. The summed E-state index contributed by atoms with van der Waals surface area (Å²) in [4.78, 5) is 43.6. The molecule has 0 fully saturated rings. The van der Waals surface area contributed by atoms with Crippen molar-refractivity contribution >= 4 is 39.1 Å². The Balaban J connectivity index is 1.40. The van der Waals surface area contributed by atoms with Gasteiger partial charge in [-0.25, -0.2) is 4.98 Å². The van der Waals surface area contributed by atoms with Gasteiger partial charge in [-0.05, 0) is 49.4 Å². The van der Waals surface area contributed by atoms with E-state index in [0.717, 1.165) is 35.2 Å². The molecule has 1 aliphatic rings. The Morgan fingerprint density at radius 3 is 2.90 bits per heavy atom. The number of carbonyl (C=O) groups excluding carboxylic acids is 2. The second-order valence-corrected chi connectivity index (χ2v) is 8.33. The van der Waals surface area contributed by atoms with Gasteiger partial charge < -0.3 is 15.4 Å². The summed E-state index contributed by atoms with van der Waals surface area (Å²) < 4.78 is 6.53. The zero-order chi connectivity index (χ0) is 21.3. The number of fused-ring (bicyclic) bond motifs is 3. The van der Waals surface area contributed by atoms with Crippen LogP contribution in [0, 0.1) is 6.92 Å². The van der Waals surface area contributed by atoms with Crippen LogP contribution in [0.3, 0.4) is 0 Å². The van der Waals surface area contributed by atoms with Crippen LogP contribution in [-0.4, -0.2) is 35.0 Å². The van der Waals surface area contributed by atoms with Gasteiger partial charge in [0.15, 0.2) is 0 Å². The molecule has 0 radical (unpaired) electrons. The van der Waals surface area contributed by atoms with Crippen molar-refractivity contribution in [2.45, 2.75) is 32.7 Å². The van der Waals surface area contributed by atoms with E-state index in [2.05, 4.69) is 15.6 Å². The van der Waals surface area contributed by atoms with Crippen LogP contribution in [0.25, 0.3) is 10.2 Å². The molecule has 156 valence electrons. The molecule has 2 amide bonds. The van der Waals surface area contributed by atoms with Gasteiger partial charge in [0.25, 0.3) is 5.56 Å². The molecule has 8 nitrogen and oxygen atoms in total. The quantitative estimate of drug-likeness (QED) is 0.628. The van der Waals surface area contributed by atoms with E-state index in [-0.39, 0.29) is 24.6 Å². The van der Waals surface area contributed by atoms with Crippen LogP contribution in [-0.2, 0) is 29.0 Å². The Bertz CT molecular complexity index is 1200. The van der Waals surface area contributed by atoms with Gasteiger partial charge in [0.1, 0.15) is 17.1 Å². The highest BCUT2D eigenvalue weighted by molar-refractivity contribution is 7.18. The normalized spacial score (nSPS) is 12.6. The molecule has 0 saturated heterocycles. The van der Waals surface area contributed by atoms with Gasteiger partial charge in [-0.2, -0.15) is 0 Å². The van der Waals surface area contributed by atoms with Crippen LogP contribution in [0.5, 0.6) is 5.75 Å². The molecule has 2 heterocycles. The van der Waals surface area contributed by atoms with E-state index in [0.29, 0.717) is 16.8 Å². The van der Waals surface area contributed by atoms with E-state index in [1.54, 1.807) is 23.5 Å². The first-order chi connectivity index (χ1) is 14.5. The van der Waals surface area contributed by atoms with Gasteiger partial charge in [0, 0.05) is 4.88 Å². The van der Waals surface area contributed by atoms with Crippen LogP contribution in [0.15, 0.2) is 29.3 Å². The van der Waals surface area contributed by atoms with Crippen molar-refractivity contribution in [1.82, 2.24) is 14.9 Å². The number of hydrogen-bond donors (Lipinski definition) is 2. The lowest BCUT2D eigenvalue weighted by Gasteiger charge is -2.12. The van der Waals surface area contributed by atoms with Gasteiger partial charge >= 0.3 is 0 Å². The molecule has 30 heavy (non-hydrogen) atoms. The first kappa shape index (κ1) is 20.1. The number of ether oxygens (including phenoxy) is 1. The van der Waals surface area contributed by atoms with E-state index >= 15 is 0 Å². The molecule has 0 unspecified atom stereocenters. The molecule has 1 aromatic carbocycles. The first-order valence-electron chi connectivity index (χ1n) is 9.67. The molecule has 2 N–H and O–H groups in total. The Hall–Kier alpha value is -3.20. The number of nitrogens with zero attached hydrogens (tertiary/aromatic N) is 2. The zero-order valence-electron chi connectivity index (χ0n) is 16.8. The van der Waals surface area contributed by atoms with Crippen molar-refractivity contribution < 1.29 is 14.3 Å². The standard InChI is InChI=1S/C21H22N4O4S/c1-12-6-7-15(29-2)14(8-12)24-17(26)9-22-18(27)10-25-11-23-20-19(21(25)28)13-4-3-5-16(13)30-20/h6-8,11H,3-5,9-10H2,1-2H3,(H,22,27)(H,24,26). The Morgan fingerprint density at radius 2 is 2.10 bits per heavy atom. The topological polar surface area (TPSA) is 102 Å². The lowest BCUT2D eigenvalue weighted by atomic mass is 10.2. The maximum absolute atomic E-state index is 12.8. The van der Waals surface area contributed by atoms with E-state index in [4.69, 9.17) is 4.74 Å². The number of thiophene rings is 1. The maximum atomic E-state index is 12.8. The van der Waals surface area contributed by atoms with Crippen molar-refractivity contribution in [2.75, 3.05) is 19.0 Å². The van der Waals surface area contributed by atoms with Crippen molar-refractivity contribution in [3.8, 4) is 5.75 Å². The summed E-state index contributed by atoms with van der Waals surface area (Å²) in [6.45, 7) is 1.50. The van der Waals surface area contributed by atoms with E-state index in [9.17, 15) is 14.4 Å². The van der Waals surface area contributed by atoms with Crippen LogP contribution >= 0.6 is 11.3 Å². The molecule has 0 bridgehead atoms. The number of hydrogen-bond acceptors (Lipinski definition) is 6. The smallest absolute Gasteiger partial charge is 0.262 e. The Labute approximate surface area is 176 Å². The first-order valence-corrected chi connectivity index (χ1v) is 10.5. The maximum Gasteiger partial charge on any atom is 0.262 e. The molecule has 0 spiro atoms. The highest BCUT2D eigenvalue weighted by atomic mass is 32.1. The van der Waals surface area contributed by atoms with Crippen molar-refractivity contribution in [3.05, 3.63) is 50.9 Å². The summed E-state index contributed by atoms with van der Waals surface area (Å²) in [5, 5.41) is 5.90. The predicted octanol–water partition coefficient (Wildman–Crippen LogP) is 2.02. The lowest BCUT2D eigenvalue weighted by Crippen LogP contribution is -2.37. The fourth-order valence-corrected chi connectivity index (χ4v) is 4.86. The van der Waals surface area contributed by atoms with Gasteiger partial charge in [-0.1, -0.05) is 6.07 Å². The molecule has 2 aromatic heterocycles. The number of methoxy groups -OCH3 is 1. The second-order valence-electron chi connectivity index (χ2n) is 7.24. The number of nitrogens with one attached hydrogen (secondary N) is 2. The summed E-state index contributed by atoms with van der Waals surface area (Å²) in [6.07, 6.45) is 4.31. The third-order valence-corrected chi connectivity index (χ3v) is 6.28. The number of amides is 2. The van der Waals surface area contributed by atoms with Crippen LogP contribution in [0.4, 0.5) is 5.69 Å². The summed E-state index contributed by atoms with van der Waals surface area (Å²) in [7, 11) is 1.52. The minimum atomic E-state index is -0.434. The van der Waals surface area contributed by atoms with Crippen molar-refractivity contribution in [2.24, 2.45) is 0 Å². The minimum absolute atomic E-state index is 0.187. The second kappa shape index (κ2) is 8.27. The number of benzene rings is 1. The van der Waals surface area contributed by atoms with Crippen LogP contribution < -0.4 is 20.9 Å². The number of carbonyl (C=O) groups is 2. The minimum Gasteiger partial charge on any atom is -0.495 e. The SMILES string of the molecule is COc1ccc(C)cc1NC(=O)CNC(=O)Cn1cnc2sc3c(c2c1=O)CCC3. The molecule has 4 rings (SSSR count). The molecular formula is C21H22N4O4S. The fraction of sp³-hybridized carbons (Fsp3) is 0.333. The van der Waals surface area contributed by atoms with Crippen LogP contribution in [0.1, 0.15) is 22.4 Å². The molecule has 0 atom stereocenters. The van der Waals surface area contributed by atoms with Crippen LogP contribution in [0.2, 0.25) is 0 Å². The van der Waals surface area contributed by atoms with Crippen molar-refractivity contribution in [1.29, 1.82) is 0 Å². The van der Waals surface area contributed by atoms with Gasteiger partial charge in [0.05, 0.1) is 31.1 Å². The average Bonchev–Trinajstić information content (AvgIpc) is 3.30. The third-order valence-electron chi connectivity index (χ3n) is 5.08. The summed E-state index contributed by atoms with van der Waals surface area (Å²) >= 11 is 1.56. The van der Waals surface area contributed by atoms with E-state index in [1.807, 2.05) is 13.0 Å². The van der Waals surface area contributed by atoms with Gasteiger partial charge in [-0.3, -0.25) is 19.0 Å². The molecular weight excluding hydrogens is 404 g/mol. The van der Waals surface area contributed by atoms with E-state index in [1.165, 1.54) is 22.9 Å². The Kier molecular flexibility index (Phi) is 5.54. The van der Waals surface area contributed by atoms with Gasteiger partial charge in [-0.15, -0.1) is 11.3 Å². The Morgan fingerprint density at radius 1 is 1.27 bits per heavy atom. The fourth-order valence-electron chi connectivity index (χ4n) is 3.64. The molecule has 9 heteroatoms. The number of rotatable bonds is 6. The number of anilines is 1. The molecule has 0 aliphatic heterocycles. The summed E-state index contributed by atoms with van der Waals surface area (Å²) in [5.41, 5.74) is 2.38. The monoisotopic (exact) mass is 426 g/mol.